The third-order valence-corrected chi connectivity index (χ3v) is 2.73. The number of piperidine rings is 1. The Hall–Kier alpha value is -1.47. The van der Waals surface area contributed by atoms with Crippen molar-refractivity contribution < 1.29 is 9.90 Å². The number of carbonyl (C=O) groups excluding carboxylic acids is 1. The third-order valence-electron chi connectivity index (χ3n) is 2.73. The Labute approximate surface area is 99.2 Å². The highest BCUT2D eigenvalue weighted by molar-refractivity contribution is 5.82. The number of amides is 1. The topological polar surface area (TPSA) is 92.1 Å². The summed E-state index contributed by atoms with van der Waals surface area (Å²) in [6.45, 7) is 1.77. The number of aliphatic hydroxyl groups excluding tert-OH is 1. The first-order valence-electron chi connectivity index (χ1n) is 5.80. The number of carbonyl (C=O) groups is 1. The fourth-order valence-electron chi connectivity index (χ4n) is 1.83. The van der Waals surface area contributed by atoms with E-state index in [-0.39, 0.29) is 18.6 Å². The lowest BCUT2D eigenvalue weighted by Gasteiger charge is -2.22. The van der Waals surface area contributed by atoms with Crippen molar-refractivity contribution in [3.8, 4) is 0 Å². The second kappa shape index (κ2) is 5.74. The Bertz CT molecular complexity index is 379. The van der Waals surface area contributed by atoms with Gasteiger partial charge in [-0.2, -0.15) is 0 Å². The number of rotatable bonds is 5. The van der Waals surface area contributed by atoms with Gasteiger partial charge in [-0.15, -0.1) is 5.10 Å². The number of aromatic nitrogens is 3. The molecule has 7 nitrogen and oxygen atoms in total. The number of hydrogen-bond donors (Lipinski definition) is 3. The van der Waals surface area contributed by atoms with Crippen LogP contribution < -0.4 is 10.6 Å². The number of nitrogens with one attached hydrogen (secondary N) is 2. The average Bonchev–Trinajstić information content (AvgIpc) is 2.76. The van der Waals surface area contributed by atoms with Crippen LogP contribution in [0.4, 0.5) is 0 Å². The van der Waals surface area contributed by atoms with Crippen molar-refractivity contribution in [2.75, 3.05) is 13.2 Å². The summed E-state index contributed by atoms with van der Waals surface area (Å²) in [6, 6.07) is -0.133. The van der Waals surface area contributed by atoms with Gasteiger partial charge in [-0.1, -0.05) is 5.21 Å². The van der Waals surface area contributed by atoms with Crippen LogP contribution in [-0.4, -0.2) is 45.2 Å². The highest BCUT2D eigenvalue weighted by atomic mass is 16.3. The minimum Gasteiger partial charge on any atom is -0.394 e. The van der Waals surface area contributed by atoms with E-state index < -0.39 is 0 Å². The monoisotopic (exact) mass is 239 g/mol. The summed E-state index contributed by atoms with van der Waals surface area (Å²) in [5.41, 5.74) is 0.775. The van der Waals surface area contributed by atoms with E-state index in [9.17, 15) is 4.79 Å². The van der Waals surface area contributed by atoms with Crippen LogP contribution in [0.25, 0.3) is 0 Å². The van der Waals surface area contributed by atoms with Crippen LogP contribution in [-0.2, 0) is 17.9 Å². The van der Waals surface area contributed by atoms with E-state index in [0.29, 0.717) is 13.1 Å². The van der Waals surface area contributed by atoms with E-state index in [1.807, 2.05) is 0 Å². The second-order valence-corrected chi connectivity index (χ2v) is 4.06. The maximum Gasteiger partial charge on any atom is 0.237 e. The summed E-state index contributed by atoms with van der Waals surface area (Å²) in [7, 11) is 0. The molecule has 1 aliphatic heterocycles. The molecule has 1 aromatic rings. The first-order chi connectivity index (χ1) is 8.29. The predicted octanol–water partition coefficient (Wildman–Crippen LogP) is -1.36. The normalized spacial score (nSPS) is 20.3. The summed E-state index contributed by atoms with van der Waals surface area (Å²) < 4.78 is 1.58. The van der Waals surface area contributed by atoms with Crippen molar-refractivity contribution in [3.05, 3.63) is 11.9 Å². The molecule has 1 fully saturated rings. The van der Waals surface area contributed by atoms with Gasteiger partial charge in [0.25, 0.3) is 0 Å². The van der Waals surface area contributed by atoms with Gasteiger partial charge in [-0.25, -0.2) is 4.68 Å². The molecule has 2 rings (SSSR count). The standard InChI is InChI=1S/C10H17N5O2/c16-5-4-15-7-8(13-14-15)6-12-9-2-1-3-11-10(9)17/h7,9,12,16H,1-6H2,(H,11,17). The second-order valence-electron chi connectivity index (χ2n) is 4.06. The molecule has 0 saturated carbocycles. The molecular formula is C10H17N5O2. The zero-order valence-electron chi connectivity index (χ0n) is 9.59. The van der Waals surface area contributed by atoms with Crippen LogP contribution in [0.15, 0.2) is 6.20 Å². The number of nitrogens with zero attached hydrogens (tertiary/aromatic N) is 3. The molecule has 3 N–H and O–H groups in total. The zero-order valence-corrected chi connectivity index (χ0v) is 9.59. The van der Waals surface area contributed by atoms with Crippen LogP contribution in [0.5, 0.6) is 0 Å². The molecule has 1 unspecified atom stereocenters. The minimum absolute atomic E-state index is 0.0429. The molecule has 0 aromatic carbocycles. The Morgan fingerprint density at radius 1 is 1.65 bits per heavy atom. The maximum absolute atomic E-state index is 11.5. The molecule has 0 radical (unpaired) electrons. The van der Waals surface area contributed by atoms with E-state index in [1.165, 1.54) is 0 Å². The van der Waals surface area contributed by atoms with Crippen molar-refractivity contribution in [2.24, 2.45) is 0 Å². The molecule has 1 aliphatic rings. The van der Waals surface area contributed by atoms with Gasteiger partial charge in [0.1, 0.15) is 0 Å². The summed E-state index contributed by atoms with van der Waals surface area (Å²) in [4.78, 5) is 11.5. The van der Waals surface area contributed by atoms with Crippen molar-refractivity contribution in [2.45, 2.75) is 32.0 Å². The molecule has 0 aliphatic carbocycles. The Morgan fingerprint density at radius 3 is 3.29 bits per heavy atom. The molecule has 7 heteroatoms. The highest BCUT2D eigenvalue weighted by Crippen LogP contribution is 2.04. The van der Waals surface area contributed by atoms with Crippen LogP contribution in [0, 0.1) is 0 Å². The number of aliphatic hydroxyl groups is 1. The van der Waals surface area contributed by atoms with Gasteiger partial charge in [0.2, 0.25) is 5.91 Å². The predicted molar refractivity (Wildman–Crippen MR) is 60.0 cm³/mol. The van der Waals surface area contributed by atoms with Crippen LogP contribution in [0.3, 0.4) is 0 Å². The summed E-state index contributed by atoms with van der Waals surface area (Å²) in [5.74, 6) is 0.0546. The van der Waals surface area contributed by atoms with Crippen molar-refractivity contribution in [1.29, 1.82) is 0 Å². The molecule has 17 heavy (non-hydrogen) atoms. The van der Waals surface area contributed by atoms with Crippen LogP contribution in [0.1, 0.15) is 18.5 Å². The number of hydrogen-bond acceptors (Lipinski definition) is 5. The van der Waals surface area contributed by atoms with E-state index in [0.717, 1.165) is 25.1 Å². The molecule has 1 atom stereocenters. The molecule has 1 aromatic heterocycles. The van der Waals surface area contributed by atoms with Crippen molar-refractivity contribution in [3.63, 3.8) is 0 Å². The zero-order chi connectivity index (χ0) is 12.1. The van der Waals surface area contributed by atoms with E-state index in [4.69, 9.17) is 5.11 Å². The minimum atomic E-state index is -0.133. The van der Waals surface area contributed by atoms with Gasteiger partial charge in [0.05, 0.1) is 24.9 Å². The quantitative estimate of drug-likeness (QED) is 0.590. The average molecular weight is 239 g/mol. The SMILES string of the molecule is O=C1NCCCC1NCc1cn(CCO)nn1. The molecule has 2 heterocycles. The molecule has 0 bridgehead atoms. The molecule has 1 saturated heterocycles. The fraction of sp³-hybridized carbons (Fsp3) is 0.700. The van der Waals surface area contributed by atoms with E-state index in [2.05, 4.69) is 20.9 Å². The summed E-state index contributed by atoms with van der Waals surface area (Å²) in [5, 5.41) is 22.5. The van der Waals surface area contributed by atoms with E-state index >= 15 is 0 Å². The van der Waals surface area contributed by atoms with Crippen LogP contribution in [0.2, 0.25) is 0 Å². The van der Waals surface area contributed by atoms with Gasteiger partial charge in [0.15, 0.2) is 0 Å². The maximum atomic E-state index is 11.5. The smallest absolute Gasteiger partial charge is 0.237 e. The molecule has 94 valence electrons. The Morgan fingerprint density at radius 2 is 2.53 bits per heavy atom. The molecule has 1 amide bonds. The summed E-state index contributed by atoms with van der Waals surface area (Å²) in [6.07, 6.45) is 3.63. The van der Waals surface area contributed by atoms with Crippen LogP contribution >= 0.6 is 0 Å². The van der Waals surface area contributed by atoms with Crippen molar-refractivity contribution >= 4 is 5.91 Å². The lowest BCUT2D eigenvalue weighted by Crippen LogP contribution is -2.47. The van der Waals surface area contributed by atoms with Crippen molar-refractivity contribution in [1.82, 2.24) is 25.6 Å². The first kappa shape index (κ1) is 12.0. The van der Waals surface area contributed by atoms with Gasteiger partial charge < -0.3 is 15.7 Å². The lowest BCUT2D eigenvalue weighted by molar-refractivity contribution is -0.124. The van der Waals surface area contributed by atoms with E-state index in [1.54, 1.807) is 10.9 Å². The highest BCUT2D eigenvalue weighted by Gasteiger charge is 2.21. The Kier molecular flexibility index (Phi) is 4.05. The molecular weight excluding hydrogens is 222 g/mol. The molecule has 0 spiro atoms. The van der Waals surface area contributed by atoms with Gasteiger partial charge in [-0.05, 0) is 12.8 Å². The third kappa shape index (κ3) is 3.24. The first-order valence-corrected chi connectivity index (χ1v) is 5.80. The fourth-order valence-corrected chi connectivity index (χ4v) is 1.83. The summed E-state index contributed by atoms with van der Waals surface area (Å²) >= 11 is 0. The largest absolute Gasteiger partial charge is 0.394 e. The Balaban J connectivity index is 1.82. The van der Waals surface area contributed by atoms with Gasteiger partial charge >= 0.3 is 0 Å². The lowest BCUT2D eigenvalue weighted by atomic mass is 10.1. The van der Waals surface area contributed by atoms with Gasteiger partial charge in [0, 0.05) is 19.3 Å². The van der Waals surface area contributed by atoms with Gasteiger partial charge in [-0.3, -0.25) is 4.79 Å².